The first-order chi connectivity index (χ1) is 9.83. The number of furan rings is 1. The van der Waals surface area contributed by atoms with E-state index in [1.165, 1.54) is 31.2 Å². The molecule has 0 unspecified atom stereocenters. The highest BCUT2D eigenvalue weighted by atomic mass is 16.5. The second-order valence-corrected chi connectivity index (χ2v) is 7.59. The molecule has 1 aromatic heterocycles. The Balaban J connectivity index is 1.81. The fraction of sp³-hybridized carbons (Fsp3) is 0.778. The molecule has 1 aromatic rings. The van der Waals surface area contributed by atoms with Gasteiger partial charge in [-0.15, -0.1) is 0 Å². The highest BCUT2D eigenvalue weighted by Crippen LogP contribution is 2.26. The highest BCUT2D eigenvalue weighted by Gasteiger charge is 2.19. The van der Waals surface area contributed by atoms with Crippen LogP contribution in [0.4, 0.5) is 0 Å². The number of hydrogen-bond donors (Lipinski definition) is 1. The van der Waals surface area contributed by atoms with Crippen LogP contribution in [0.15, 0.2) is 10.5 Å². The molecule has 0 atom stereocenters. The Morgan fingerprint density at radius 2 is 1.90 bits per heavy atom. The van der Waals surface area contributed by atoms with Gasteiger partial charge in [0, 0.05) is 17.6 Å². The normalized spacial score (nSPS) is 23.5. The molecule has 120 valence electrons. The lowest BCUT2D eigenvalue weighted by Crippen LogP contribution is -2.35. The summed E-state index contributed by atoms with van der Waals surface area (Å²) < 4.78 is 11.8. The van der Waals surface area contributed by atoms with E-state index in [0.717, 1.165) is 24.0 Å². The van der Waals surface area contributed by atoms with Crippen molar-refractivity contribution in [1.29, 1.82) is 0 Å². The molecule has 0 aromatic carbocycles. The van der Waals surface area contributed by atoms with Crippen molar-refractivity contribution in [3.63, 3.8) is 0 Å². The van der Waals surface area contributed by atoms with E-state index in [1.54, 1.807) is 0 Å². The Bertz CT molecular complexity index is 437. The number of aryl methyl sites for hydroxylation is 1. The summed E-state index contributed by atoms with van der Waals surface area (Å²) in [5.41, 5.74) is 1.36. The van der Waals surface area contributed by atoms with E-state index in [1.807, 2.05) is 6.92 Å². The van der Waals surface area contributed by atoms with Gasteiger partial charge in [-0.05, 0) is 65.4 Å². The molecule has 0 radical (unpaired) electrons. The van der Waals surface area contributed by atoms with Crippen LogP contribution in [-0.4, -0.2) is 11.6 Å². The van der Waals surface area contributed by atoms with Crippen LogP contribution < -0.4 is 5.32 Å². The van der Waals surface area contributed by atoms with Gasteiger partial charge in [-0.2, -0.15) is 0 Å². The summed E-state index contributed by atoms with van der Waals surface area (Å²) in [6.07, 6.45) is 5.40. The number of rotatable bonds is 5. The van der Waals surface area contributed by atoms with Crippen LogP contribution in [0.25, 0.3) is 0 Å². The Kier molecular flexibility index (Phi) is 5.50. The van der Waals surface area contributed by atoms with Gasteiger partial charge >= 0.3 is 0 Å². The van der Waals surface area contributed by atoms with Gasteiger partial charge in [-0.1, -0.05) is 6.92 Å². The number of nitrogens with one attached hydrogen (secondary N) is 1. The van der Waals surface area contributed by atoms with Gasteiger partial charge in [0.05, 0.1) is 6.10 Å². The first kappa shape index (κ1) is 16.6. The minimum atomic E-state index is 0.124. The van der Waals surface area contributed by atoms with Crippen molar-refractivity contribution in [1.82, 2.24) is 5.32 Å². The molecule has 1 saturated carbocycles. The molecule has 1 heterocycles. The molecule has 0 saturated heterocycles. The molecule has 1 aliphatic carbocycles. The van der Waals surface area contributed by atoms with E-state index in [2.05, 4.69) is 39.1 Å². The maximum atomic E-state index is 6.02. The quantitative estimate of drug-likeness (QED) is 0.863. The summed E-state index contributed by atoms with van der Waals surface area (Å²) in [6.45, 7) is 12.4. The zero-order valence-corrected chi connectivity index (χ0v) is 14.3. The SMILES string of the molecule is Cc1oc(COC2CCC(C)CC2)cc1CNC(C)(C)C. The van der Waals surface area contributed by atoms with Crippen LogP contribution in [0, 0.1) is 12.8 Å². The molecule has 0 amide bonds. The van der Waals surface area contributed by atoms with E-state index in [9.17, 15) is 0 Å². The zero-order chi connectivity index (χ0) is 15.5. The summed E-state index contributed by atoms with van der Waals surface area (Å²) in [5.74, 6) is 2.82. The summed E-state index contributed by atoms with van der Waals surface area (Å²) >= 11 is 0. The van der Waals surface area contributed by atoms with Gasteiger partial charge in [0.1, 0.15) is 18.1 Å². The zero-order valence-electron chi connectivity index (χ0n) is 14.3. The van der Waals surface area contributed by atoms with Crippen molar-refractivity contribution in [2.75, 3.05) is 0 Å². The number of ether oxygens (including phenoxy) is 1. The molecule has 0 bridgehead atoms. The van der Waals surface area contributed by atoms with Crippen molar-refractivity contribution in [3.8, 4) is 0 Å². The standard InChI is InChI=1S/C18H31NO2/c1-13-6-8-16(9-7-13)20-12-17-10-15(14(2)21-17)11-19-18(3,4)5/h10,13,16,19H,6-9,11-12H2,1-5H3. The highest BCUT2D eigenvalue weighted by molar-refractivity contribution is 5.20. The molecule has 21 heavy (non-hydrogen) atoms. The number of hydrogen-bond acceptors (Lipinski definition) is 3. The molecular formula is C18H31NO2. The second kappa shape index (κ2) is 6.97. The van der Waals surface area contributed by atoms with Gasteiger partial charge in [0.15, 0.2) is 0 Å². The first-order valence-corrected chi connectivity index (χ1v) is 8.28. The van der Waals surface area contributed by atoms with Crippen molar-refractivity contribution in [3.05, 3.63) is 23.2 Å². The Hall–Kier alpha value is -0.800. The molecule has 0 spiro atoms. The molecule has 2 rings (SSSR count). The van der Waals surface area contributed by atoms with E-state index < -0.39 is 0 Å². The van der Waals surface area contributed by atoms with Crippen molar-refractivity contribution in [2.24, 2.45) is 5.92 Å². The van der Waals surface area contributed by atoms with Crippen LogP contribution in [0.2, 0.25) is 0 Å². The van der Waals surface area contributed by atoms with Gasteiger partial charge in [0.25, 0.3) is 0 Å². The average Bonchev–Trinajstić information content (AvgIpc) is 2.76. The fourth-order valence-corrected chi connectivity index (χ4v) is 2.79. The van der Waals surface area contributed by atoms with Crippen molar-refractivity contribution in [2.45, 2.75) is 85.1 Å². The molecule has 3 heteroatoms. The lowest BCUT2D eigenvalue weighted by Gasteiger charge is -2.25. The smallest absolute Gasteiger partial charge is 0.130 e. The molecular weight excluding hydrogens is 262 g/mol. The Morgan fingerprint density at radius 1 is 1.24 bits per heavy atom. The summed E-state index contributed by atoms with van der Waals surface area (Å²) in [7, 11) is 0. The summed E-state index contributed by atoms with van der Waals surface area (Å²) in [5, 5.41) is 3.50. The summed E-state index contributed by atoms with van der Waals surface area (Å²) in [6, 6.07) is 2.14. The maximum Gasteiger partial charge on any atom is 0.130 e. The Labute approximate surface area is 129 Å². The lowest BCUT2D eigenvalue weighted by molar-refractivity contribution is 0.00103. The largest absolute Gasteiger partial charge is 0.464 e. The average molecular weight is 293 g/mol. The molecule has 3 nitrogen and oxygen atoms in total. The second-order valence-electron chi connectivity index (χ2n) is 7.59. The van der Waals surface area contributed by atoms with Crippen molar-refractivity contribution >= 4 is 0 Å². The van der Waals surface area contributed by atoms with Crippen LogP contribution in [0.3, 0.4) is 0 Å². The minimum Gasteiger partial charge on any atom is -0.464 e. The van der Waals surface area contributed by atoms with Crippen LogP contribution in [0.1, 0.15) is 70.5 Å². The van der Waals surface area contributed by atoms with Gasteiger partial charge in [-0.25, -0.2) is 0 Å². The fourth-order valence-electron chi connectivity index (χ4n) is 2.79. The molecule has 0 aliphatic heterocycles. The minimum absolute atomic E-state index is 0.124. The first-order valence-electron chi connectivity index (χ1n) is 8.28. The Morgan fingerprint density at radius 3 is 2.52 bits per heavy atom. The van der Waals surface area contributed by atoms with Crippen molar-refractivity contribution < 1.29 is 9.15 Å². The topological polar surface area (TPSA) is 34.4 Å². The third-order valence-corrected chi connectivity index (χ3v) is 4.30. The van der Waals surface area contributed by atoms with Gasteiger partial charge in [-0.3, -0.25) is 0 Å². The lowest BCUT2D eigenvalue weighted by atomic mass is 9.89. The monoisotopic (exact) mass is 293 g/mol. The molecule has 1 N–H and O–H groups in total. The van der Waals surface area contributed by atoms with E-state index >= 15 is 0 Å². The van der Waals surface area contributed by atoms with Crippen LogP contribution >= 0.6 is 0 Å². The van der Waals surface area contributed by atoms with E-state index in [-0.39, 0.29) is 5.54 Å². The van der Waals surface area contributed by atoms with Gasteiger partial charge in [0.2, 0.25) is 0 Å². The van der Waals surface area contributed by atoms with Crippen LogP contribution in [0.5, 0.6) is 0 Å². The van der Waals surface area contributed by atoms with E-state index in [4.69, 9.17) is 9.15 Å². The summed E-state index contributed by atoms with van der Waals surface area (Å²) in [4.78, 5) is 0. The molecule has 1 fully saturated rings. The molecule has 1 aliphatic rings. The van der Waals surface area contributed by atoms with Gasteiger partial charge < -0.3 is 14.5 Å². The maximum absolute atomic E-state index is 6.02. The third kappa shape index (κ3) is 5.48. The van der Waals surface area contributed by atoms with E-state index in [0.29, 0.717) is 12.7 Å². The van der Waals surface area contributed by atoms with Crippen LogP contribution in [-0.2, 0) is 17.9 Å². The predicted molar refractivity (Wildman–Crippen MR) is 86.2 cm³/mol. The third-order valence-electron chi connectivity index (χ3n) is 4.30. The predicted octanol–water partition coefficient (Wildman–Crippen LogP) is 4.57.